The van der Waals surface area contributed by atoms with E-state index in [1.54, 1.807) is 7.05 Å². The molecular weight excluding hydrogens is 78.0 g/mol. The van der Waals surface area contributed by atoms with Crippen LogP contribution in [0.4, 0.5) is 0 Å². The zero-order valence-electron chi connectivity index (χ0n) is 4.31. The minimum atomic E-state index is 0.764. The third-order valence-corrected chi connectivity index (χ3v) is 0.547. The fraction of sp³-hybridized carbons (Fsp3) is 1.00. The molecule has 0 heterocycles. The zero-order valence-corrected chi connectivity index (χ0v) is 4.31. The molecule has 1 N–H and O–H groups in total. The van der Waals surface area contributed by atoms with Gasteiger partial charge in [0.2, 0.25) is 0 Å². The molecule has 0 fully saturated rings. The van der Waals surface area contributed by atoms with Crippen LogP contribution in [0.1, 0.15) is 13.3 Å². The van der Waals surface area contributed by atoms with Gasteiger partial charge in [0.25, 0.3) is 0 Å². The fourth-order valence-electron chi connectivity index (χ4n) is 0.324. The molecule has 2 heteroatoms. The molecule has 0 unspecified atom stereocenters. The molecule has 0 aromatic rings. The van der Waals surface area contributed by atoms with E-state index in [2.05, 4.69) is 0 Å². The first-order valence-electron chi connectivity index (χ1n) is 2.17. The molecule has 0 rings (SSSR count). The summed E-state index contributed by atoms with van der Waals surface area (Å²) in [6, 6.07) is 0. The number of hydroxylamine groups is 2. The van der Waals surface area contributed by atoms with Gasteiger partial charge < -0.3 is 5.21 Å². The molecule has 0 amide bonds. The maximum absolute atomic E-state index is 8.39. The Morgan fingerprint density at radius 2 is 2.17 bits per heavy atom. The van der Waals surface area contributed by atoms with Gasteiger partial charge >= 0.3 is 0 Å². The van der Waals surface area contributed by atoms with E-state index >= 15 is 0 Å². The molecule has 0 spiro atoms. The zero-order chi connectivity index (χ0) is 4.99. The van der Waals surface area contributed by atoms with Gasteiger partial charge in [-0.2, -0.15) is 5.06 Å². The van der Waals surface area contributed by atoms with Crippen molar-refractivity contribution in [1.82, 2.24) is 5.06 Å². The average Bonchev–Trinajstić information content (AvgIpc) is 1.35. The van der Waals surface area contributed by atoms with E-state index in [0.29, 0.717) is 0 Å². The van der Waals surface area contributed by atoms with Crippen molar-refractivity contribution in [3.63, 3.8) is 0 Å². The Kier molecular flexibility index (Phi) is 3.08. The average molecular weight is 89.1 g/mol. The molecule has 0 saturated carbocycles. The summed E-state index contributed by atoms with van der Waals surface area (Å²) in [5.74, 6) is 0. The molecule has 0 aliphatic carbocycles. The van der Waals surface area contributed by atoms with Crippen molar-refractivity contribution < 1.29 is 5.21 Å². The standard InChI is InChI=1S/C4H11NO/c1-3-4-5(2)6/h6H,3-4H2,1-2H3. The highest BCUT2D eigenvalue weighted by atomic mass is 16.5. The number of nitrogens with zero attached hydrogens (tertiary/aromatic N) is 1. The van der Waals surface area contributed by atoms with Crippen LogP contribution < -0.4 is 0 Å². The molecule has 6 heavy (non-hydrogen) atoms. The Balaban J connectivity index is 2.63. The highest BCUT2D eigenvalue weighted by Crippen LogP contribution is 1.75. The van der Waals surface area contributed by atoms with E-state index < -0.39 is 0 Å². The number of hydrogen-bond donors (Lipinski definition) is 1. The van der Waals surface area contributed by atoms with E-state index in [1.807, 2.05) is 6.92 Å². The van der Waals surface area contributed by atoms with Crippen LogP contribution >= 0.6 is 0 Å². The molecule has 0 atom stereocenters. The van der Waals surface area contributed by atoms with Crippen molar-refractivity contribution in [2.75, 3.05) is 13.6 Å². The van der Waals surface area contributed by atoms with Crippen molar-refractivity contribution in [2.45, 2.75) is 13.3 Å². The second kappa shape index (κ2) is 3.12. The van der Waals surface area contributed by atoms with Crippen LogP contribution in [0, 0.1) is 0 Å². The van der Waals surface area contributed by atoms with Crippen molar-refractivity contribution >= 4 is 0 Å². The molecule has 0 aliphatic heterocycles. The van der Waals surface area contributed by atoms with Gasteiger partial charge in [-0.1, -0.05) is 6.92 Å². The third kappa shape index (κ3) is 3.92. The van der Waals surface area contributed by atoms with E-state index in [9.17, 15) is 0 Å². The lowest BCUT2D eigenvalue weighted by Gasteiger charge is -2.01. The lowest BCUT2D eigenvalue weighted by molar-refractivity contribution is -0.0642. The normalized spacial score (nSPS) is 10.0. The Morgan fingerprint density at radius 3 is 2.17 bits per heavy atom. The first-order chi connectivity index (χ1) is 2.77. The summed E-state index contributed by atoms with van der Waals surface area (Å²) in [4.78, 5) is 0. The lowest BCUT2D eigenvalue weighted by atomic mass is 10.5. The SMILES string of the molecule is CCCN(C)O. The topological polar surface area (TPSA) is 23.5 Å². The van der Waals surface area contributed by atoms with Gasteiger partial charge in [0.05, 0.1) is 0 Å². The summed E-state index contributed by atoms with van der Waals surface area (Å²) in [5.41, 5.74) is 0. The summed E-state index contributed by atoms with van der Waals surface area (Å²) in [6.45, 7) is 2.78. The molecule has 0 saturated heterocycles. The van der Waals surface area contributed by atoms with Gasteiger partial charge in [0, 0.05) is 13.6 Å². The first-order valence-corrected chi connectivity index (χ1v) is 2.17. The van der Waals surface area contributed by atoms with Gasteiger partial charge in [0.15, 0.2) is 0 Å². The van der Waals surface area contributed by atoms with Crippen LogP contribution in [0.3, 0.4) is 0 Å². The Hall–Kier alpha value is -0.0800. The van der Waals surface area contributed by atoms with Crippen molar-refractivity contribution in [3.8, 4) is 0 Å². The molecule has 38 valence electrons. The Morgan fingerprint density at radius 1 is 1.67 bits per heavy atom. The van der Waals surface area contributed by atoms with Crippen LogP contribution in [0.5, 0.6) is 0 Å². The summed E-state index contributed by atoms with van der Waals surface area (Å²) >= 11 is 0. The highest BCUT2D eigenvalue weighted by molar-refractivity contribution is 4.27. The van der Waals surface area contributed by atoms with E-state index in [1.165, 1.54) is 5.06 Å². The molecule has 0 radical (unpaired) electrons. The highest BCUT2D eigenvalue weighted by Gasteiger charge is 1.81. The largest absolute Gasteiger partial charge is 0.314 e. The second-order valence-electron chi connectivity index (χ2n) is 1.38. The van der Waals surface area contributed by atoms with Crippen LogP contribution in [0.25, 0.3) is 0 Å². The predicted octanol–water partition coefficient (Wildman–Crippen LogP) is 0.717. The monoisotopic (exact) mass is 89.1 g/mol. The van der Waals surface area contributed by atoms with Crippen molar-refractivity contribution in [3.05, 3.63) is 0 Å². The Bertz CT molecular complexity index is 28.7. The minimum Gasteiger partial charge on any atom is -0.314 e. The number of hydrogen-bond acceptors (Lipinski definition) is 2. The van der Waals surface area contributed by atoms with Crippen molar-refractivity contribution in [1.29, 1.82) is 0 Å². The van der Waals surface area contributed by atoms with Crippen LogP contribution in [0.2, 0.25) is 0 Å². The molecule has 0 aliphatic rings. The van der Waals surface area contributed by atoms with Crippen LogP contribution in [0.15, 0.2) is 0 Å². The lowest BCUT2D eigenvalue weighted by Crippen LogP contribution is -2.12. The van der Waals surface area contributed by atoms with E-state index in [0.717, 1.165) is 13.0 Å². The minimum absolute atomic E-state index is 0.764. The number of rotatable bonds is 2. The quantitative estimate of drug-likeness (QED) is 0.504. The fourth-order valence-corrected chi connectivity index (χ4v) is 0.324. The first kappa shape index (κ1) is 5.92. The second-order valence-corrected chi connectivity index (χ2v) is 1.38. The summed E-state index contributed by atoms with van der Waals surface area (Å²) in [6.07, 6.45) is 1.01. The molecular formula is C4H11NO. The van der Waals surface area contributed by atoms with Crippen molar-refractivity contribution in [2.24, 2.45) is 0 Å². The van der Waals surface area contributed by atoms with Crippen LogP contribution in [-0.4, -0.2) is 23.9 Å². The molecule has 0 aromatic carbocycles. The van der Waals surface area contributed by atoms with Crippen LogP contribution in [-0.2, 0) is 0 Å². The Labute approximate surface area is 38.3 Å². The van der Waals surface area contributed by atoms with Gasteiger partial charge in [0.1, 0.15) is 0 Å². The maximum Gasteiger partial charge on any atom is 0.0232 e. The van der Waals surface area contributed by atoms with E-state index in [4.69, 9.17) is 5.21 Å². The molecule has 0 aromatic heterocycles. The third-order valence-electron chi connectivity index (χ3n) is 0.547. The molecule has 2 nitrogen and oxygen atoms in total. The summed E-state index contributed by atoms with van der Waals surface area (Å²) in [5, 5.41) is 9.57. The van der Waals surface area contributed by atoms with Gasteiger partial charge in [-0.05, 0) is 6.42 Å². The predicted molar refractivity (Wildman–Crippen MR) is 24.7 cm³/mol. The summed E-state index contributed by atoms with van der Waals surface area (Å²) in [7, 11) is 1.64. The van der Waals surface area contributed by atoms with Gasteiger partial charge in [-0.25, -0.2) is 0 Å². The van der Waals surface area contributed by atoms with Gasteiger partial charge in [-0.15, -0.1) is 0 Å². The maximum atomic E-state index is 8.39. The van der Waals surface area contributed by atoms with E-state index in [-0.39, 0.29) is 0 Å². The smallest absolute Gasteiger partial charge is 0.0232 e. The van der Waals surface area contributed by atoms with Gasteiger partial charge in [-0.3, -0.25) is 0 Å². The molecule has 0 bridgehead atoms. The summed E-state index contributed by atoms with van der Waals surface area (Å²) < 4.78 is 0.